The zero-order valence-electron chi connectivity index (χ0n) is 9.05. The number of rotatable bonds is 4. The van der Waals surface area contributed by atoms with Crippen LogP contribution in [0.4, 0.5) is 0 Å². The molecular formula is C13H22. The van der Waals surface area contributed by atoms with Gasteiger partial charge in [-0.2, -0.15) is 0 Å². The molecule has 1 aliphatic rings. The zero-order chi connectivity index (χ0) is 9.52. The molecule has 0 bridgehead atoms. The van der Waals surface area contributed by atoms with Gasteiger partial charge >= 0.3 is 0 Å². The molecule has 0 saturated heterocycles. The van der Waals surface area contributed by atoms with E-state index in [0.717, 1.165) is 5.92 Å². The van der Waals surface area contributed by atoms with Gasteiger partial charge in [-0.05, 0) is 51.4 Å². The molecule has 0 aromatic rings. The first kappa shape index (κ1) is 10.6. The lowest BCUT2D eigenvalue weighted by atomic mass is 10.1. The van der Waals surface area contributed by atoms with Crippen LogP contribution in [0.15, 0.2) is 23.8 Å². The molecule has 0 radical (unpaired) electrons. The first-order valence-corrected chi connectivity index (χ1v) is 5.62. The van der Waals surface area contributed by atoms with Crippen molar-refractivity contribution >= 4 is 0 Å². The second kappa shape index (κ2) is 6.01. The summed E-state index contributed by atoms with van der Waals surface area (Å²) in [4.78, 5) is 0. The van der Waals surface area contributed by atoms with Crippen LogP contribution in [0.3, 0.4) is 0 Å². The third kappa shape index (κ3) is 4.31. The Balaban J connectivity index is 2.10. The van der Waals surface area contributed by atoms with Crippen LogP contribution >= 0.6 is 0 Å². The molecule has 0 heteroatoms. The highest BCUT2D eigenvalue weighted by molar-refractivity contribution is 5.07. The summed E-state index contributed by atoms with van der Waals surface area (Å²) < 4.78 is 0. The van der Waals surface area contributed by atoms with E-state index in [1.807, 2.05) is 0 Å². The van der Waals surface area contributed by atoms with Crippen molar-refractivity contribution in [1.29, 1.82) is 0 Å². The molecule has 0 nitrogen and oxygen atoms in total. The molecule has 0 aliphatic heterocycles. The van der Waals surface area contributed by atoms with Gasteiger partial charge in [0.05, 0.1) is 0 Å². The molecule has 0 heterocycles. The highest BCUT2D eigenvalue weighted by Gasteiger charge is 2.13. The van der Waals surface area contributed by atoms with Crippen molar-refractivity contribution < 1.29 is 0 Å². The average Bonchev–Trinajstić information content (AvgIpc) is 2.51. The number of hydrogen-bond donors (Lipinski definition) is 0. The molecule has 13 heavy (non-hydrogen) atoms. The minimum absolute atomic E-state index is 0.946. The van der Waals surface area contributed by atoms with E-state index in [1.54, 1.807) is 5.57 Å². The summed E-state index contributed by atoms with van der Waals surface area (Å²) in [5, 5.41) is 0. The standard InChI is InChI=1S/C13H22/c1-3-4-5-6-7-8-13-10-9-12(2)11-13/h3-4,8,12H,5-7,9-11H2,1-2H3/b4-3+,13-8+. The van der Waals surface area contributed by atoms with Crippen molar-refractivity contribution in [3.8, 4) is 0 Å². The Kier molecular flexibility index (Phi) is 4.88. The highest BCUT2D eigenvalue weighted by atomic mass is 14.2. The zero-order valence-corrected chi connectivity index (χ0v) is 9.05. The maximum absolute atomic E-state index is 2.48. The Labute approximate surface area is 82.7 Å². The molecule has 1 unspecified atom stereocenters. The molecular weight excluding hydrogens is 156 g/mol. The maximum atomic E-state index is 2.48. The van der Waals surface area contributed by atoms with Crippen molar-refractivity contribution in [2.45, 2.75) is 52.4 Å². The second-order valence-corrected chi connectivity index (χ2v) is 4.21. The summed E-state index contributed by atoms with van der Waals surface area (Å²) in [6.07, 6.45) is 14.9. The first-order valence-electron chi connectivity index (χ1n) is 5.62. The van der Waals surface area contributed by atoms with Gasteiger partial charge in [0.1, 0.15) is 0 Å². The third-order valence-corrected chi connectivity index (χ3v) is 2.81. The van der Waals surface area contributed by atoms with E-state index in [4.69, 9.17) is 0 Å². The maximum Gasteiger partial charge on any atom is -0.0294 e. The van der Waals surface area contributed by atoms with E-state index in [1.165, 1.54) is 38.5 Å². The summed E-state index contributed by atoms with van der Waals surface area (Å²) >= 11 is 0. The summed E-state index contributed by atoms with van der Waals surface area (Å²) in [6, 6.07) is 0. The molecule has 1 fully saturated rings. The van der Waals surface area contributed by atoms with Gasteiger partial charge in [-0.15, -0.1) is 0 Å². The van der Waals surface area contributed by atoms with Crippen LogP contribution in [0.25, 0.3) is 0 Å². The SMILES string of the molecule is C/C=C/CCC/C=C1\CCC(C)C1. The minimum atomic E-state index is 0.946. The molecule has 0 N–H and O–H groups in total. The summed E-state index contributed by atoms with van der Waals surface area (Å²) in [5.74, 6) is 0.946. The van der Waals surface area contributed by atoms with Crippen LogP contribution in [-0.4, -0.2) is 0 Å². The predicted octanol–water partition coefficient (Wildman–Crippen LogP) is 4.48. The molecule has 0 spiro atoms. The third-order valence-electron chi connectivity index (χ3n) is 2.81. The Bertz CT molecular complexity index is 186. The van der Waals surface area contributed by atoms with Crippen molar-refractivity contribution in [3.05, 3.63) is 23.8 Å². The Morgan fingerprint density at radius 3 is 2.85 bits per heavy atom. The number of hydrogen-bond acceptors (Lipinski definition) is 0. The monoisotopic (exact) mass is 178 g/mol. The van der Waals surface area contributed by atoms with E-state index >= 15 is 0 Å². The summed E-state index contributed by atoms with van der Waals surface area (Å²) in [6.45, 7) is 4.46. The smallest absolute Gasteiger partial charge is 0.0294 e. The molecule has 1 aliphatic carbocycles. The fourth-order valence-corrected chi connectivity index (χ4v) is 1.98. The van der Waals surface area contributed by atoms with Crippen LogP contribution in [0.1, 0.15) is 52.4 Å². The lowest BCUT2D eigenvalue weighted by Crippen LogP contribution is -1.81. The van der Waals surface area contributed by atoms with Crippen LogP contribution in [0.2, 0.25) is 0 Å². The molecule has 1 rings (SSSR count). The van der Waals surface area contributed by atoms with Gasteiger partial charge in [0.15, 0.2) is 0 Å². The largest absolute Gasteiger partial charge is 0.0917 e. The molecule has 1 atom stereocenters. The van der Waals surface area contributed by atoms with Crippen molar-refractivity contribution in [2.24, 2.45) is 5.92 Å². The van der Waals surface area contributed by atoms with E-state index in [0.29, 0.717) is 0 Å². The quantitative estimate of drug-likeness (QED) is 0.440. The van der Waals surface area contributed by atoms with Gasteiger partial charge in [0.2, 0.25) is 0 Å². The Morgan fingerprint density at radius 2 is 2.23 bits per heavy atom. The fraction of sp³-hybridized carbons (Fsp3) is 0.692. The molecule has 1 saturated carbocycles. The molecule has 74 valence electrons. The summed E-state index contributed by atoms with van der Waals surface area (Å²) in [7, 11) is 0. The second-order valence-electron chi connectivity index (χ2n) is 4.21. The Morgan fingerprint density at radius 1 is 1.38 bits per heavy atom. The van der Waals surface area contributed by atoms with E-state index in [-0.39, 0.29) is 0 Å². The van der Waals surface area contributed by atoms with Gasteiger partial charge in [-0.3, -0.25) is 0 Å². The number of unbranched alkanes of at least 4 members (excludes halogenated alkanes) is 2. The van der Waals surface area contributed by atoms with Gasteiger partial charge in [-0.1, -0.05) is 30.7 Å². The van der Waals surface area contributed by atoms with E-state index in [2.05, 4.69) is 32.1 Å². The van der Waals surface area contributed by atoms with Gasteiger partial charge in [0.25, 0.3) is 0 Å². The van der Waals surface area contributed by atoms with Crippen molar-refractivity contribution in [3.63, 3.8) is 0 Å². The normalized spacial score (nSPS) is 26.3. The van der Waals surface area contributed by atoms with Crippen LogP contribution in [-0.2, 0) is 0 Å². The van der Waals surface area contributed by atoms with Crippen LogP contribution < -0.4 is 0 Å². The van der Waals surface area contributed by atoms with Crippen molar-refractivity contribution in [2.75, 3.05) is 0 Å². The van der Waals surface area contributed by atoms with Crippen molar-refractivity contribution in [1.82, 2.24) is 0 Å². The average molecular weight is 178 g/mol. The molecule has 0 aromatic heterocycles. The lowest BCUT2D eigenvalue weighted by molar-refractivity contribution is 0.620. The Hall–Kier alpha value is -0.520. The lowest BCUT2D eigenvalue weighted by Gasteiger charge is -1.96. The first-order chi connectivity index (χ1) is 6.33. The van der Waals surface area contributed by atoms with Crippen LogP contribution in [0, 0.1) is 5.92 Å². The molecule has 0 amide bonds. The molecule has 0 aromatic carbocycles. The topological polar surface area (TPSA) is 0 Å². The minimum Gasteiger partial charge on any atom is -0.0917 e. The predicted molar refractivity (Wildman–Crippen MR) is 59.8 cm³/mol. The fourth-order valence-electron chi connectivity index (χ4n) is 1.98. The van der Waals surface area contributed by atoms with Gasteiger partial charge in [-0.25, -0.2) is 0 Å². The van der Waals surface area contributed by atoms with Gasteiger partial charge < -0.3 is 0 Å². The summed E-state index contributed by atoms with van der Waals surface area (Å²) in [5.41, 5.74) is 1.72. The number of allylic oxidation sites excluding steroid dienone is 4. The van der Waals surface area contributed by atoms with E-state index < -0.39 is 0 Å². The van der Waals surface area contributed by atoms with E-state index in [9.17, 15) is 0 Å². The highest BCUT2D eigenvalue weighted by Crippen LogP contribution is 2.29. The van der Waals surface area contributed by atoms with Crippen LogP contribution in [0.5, 0.6) is 0 Å². The van der Waals surface area contributed by atoms with Gasteiger partial charge in [0, 0.05) is 0 Å².